The first-order valence-corrected chi connectivity index (χ1v) is 22.3. The quantitative estimate of drug-likeness (QED) is 0.182. The molecule has 0 spiro atoms. The van der Waals surface area contributed by atoms with Gasteiger partial charge in [-0.15, -0.1) is 0 Å². The number of nitrogens with zero attached hydrogens (tertiary/aromatic N) is 4. The van der Waals surface area contributed by atoms with Gasteiger partial charge in [0.25, 0.3) is 0 Å². The Morgan fingerprint density at radius 1 is 0.466 bits per heavy atom. The summed E-state index contributed by atoms with van der Waals surface area (Å²) in [5, 5.41) is 0. The summed E-state index contributed by atoms with van der Waals surface area (Å²) < 4.78 is 0. The highest BCUT2D eigenvalue weighted by molar-refractivity contribution is 6.05. The molecular weight excluding hydrogens is 733 g/mol. The molecule has 11 heteroatoms. The Labute approximate surface area is 353 Å². The Morgan fingerprint density at radius 3 is 1.10 bits per heavy atom. The molecule has 0 radical (unpaired) electrons. The standard InChI is InChI=1S/2C12H21NO2.C12H23NO.C11H19NO2/c2*1-7(2)6-9-10(8(3)4)12(15)13(5)11(9)14;1-8(2)6-10-7-13(5)11(9(3)4)12(10)14;1-7(2)5-9-6-10(13)12(8(3)4)11(9)14/h2*7-10H,6H2,1-5H3;8-11H,6-7H2,1-5H3;7-9H,5-6H2,1-4H3. The van der Waals surface area contributed by atoms with Gasteiger partial charge in [0.1, 0.15) is 0 Å². The van der Waals surface area contributed by atoms with E-state index >= 15 is 0 Å². The van der Waals surface area contributed by atoms with Gasteiger partial charge < -0.3 is 0 Å². The van der Waals surface area contributed by atoms with Gasteiger partial charge in [-0.3, -0.25) is 53.2 Å². The Hall–Kier alpha value is -2.95. The van der Waals surface area contributed by atoms with Crippen LogP contribution in [0.5, 0.6) is 0 Å². The third-order valence-electron chi connectivity index (χ3n) is 11.9. The molecule has 0 N–H and O–H groups in total. The van der Waals surface area contributed by atoms with Crippen LogP contribution >= 0.6 is 0 Å². The van der Waals surface area contributed by atoms with E-state index in [4.69, 9.17) is 0 Å². The topological polar surface area (TPSA) is 132 Å². The van der Waals surface area contributed by atoms with Gasteiger partial charge in [0, 0.05) is 44.9 Å². The van der Waals surface area contributed by atoms with Crippen LogP contribution in [0.15, 0.2) is 0 Å². The highest BCUT2D eigenvalue weighted by atomic mass is 16.2. The number of amides is 6. The van der Waals surface area contributed by atoms with Crippen molar-refractivity contribution in [1.29, 1.82) is 0 Å². The van der Waals surface area contributed by atoms with Crippen LogP contribution in [-0.4, -0.2) is 101 Å². The molecule has 4 rings (SSSR count). The summed E-state index contributed by atoms with van der Waals surface area (Å²) in [6.07, 6.45) is 3.92. The van der Waals surface area contributed by atoms with E-state index in [0.29, 0.717) is 41.8 Å². The van der Waals surface area contributed by atoms with Crippen LogP contribution in [0, 0.1) is 76.9 Å². The summed E-state index contributed by atoms with van der Waals surface area (Å²) in [5.41, 5.74) is 0. The summed E-state index contributed by atoms with van der Waals surface area (Å²) in [7, 11) is 5.27. The van der Waals surface area contributed by atoms with E-state index in [1.165, 1.54) is 14.7 Å². The molecule has 7 unspecified atom stereocenters. The number of imide groups is 3. The molecule has 0 bridgehead atoms. The van der Waals surface area contributed by atoms with Crippen molar-refractivity contribution in [3.63, 3.8) is 0 Å². The van der Waals surface area contributed by atoms with Crippen molar-refractivity contribution in [2.75, 3.05) is 27.7 Å². The lowest BCUT2D eigenvalue weighted by molar-refractivity contribution is -0.142. The minimum Gasteiger partial charge on any atom is -0.298 e. The predicted molar refractivity (Wildman–Crippen MR) is 232 cm³/mol. The first kappa shape index (κ1) is 53.1. The van der Waals surface area contributed by atoms with Crippen molar-refractivity contribution in [2.45, 2.75) is 155 Å². The molecule has 7 atom stereocenters. The molecule has 4 fully saturated rings. The fourth-order valence-electron chi connectivity index (χ4n) is 9.44. The van der Waals surface area contributed by atoms with Gasteiger partial charge in [0.05, 0.1) is 29.7 Å². The van der Waals surface area contributed by atoms with Crippen LogP contribution in [0.25, 0.3) is 0 Å². The Bertz CT molecular complexity index is 1360. The zero-order valence-corrected chi connectivity index (χ0v) is 40.0. The highest BCUT2D eigenvalue weighted by Crippen LogP contribution is 2.36. The number of carbonyl (C=O) groups is 7. The van der Waals surface area contributed by atoms with Gasteiger partial charge in [-0.25, -0.2) is 0 Å². The van der Waals surface area contributed by atoms with Gasteiger partial charge in [-0.2, -0.15) is 0 Å². The van der Waals surface area contributed by atoms with E-state index < -0.39 is 0 Å². The number of carbonyl (C=O) groups excluding carboxylic acids is 7. The zero-order chi connectivity index (χ0) is 45.3. The molecule has 4 saturated heterocycles. The lowest BCUT2D eigenvalue weighted by Crippen LogP contribution is -2.36. The average Bonchev–Trinajstić information content (AvgIpc) is 3.67. The van der Waals surface area contributed by atoms with Gasteiger partial charge in [-0.1, -0.05) is 96.9 Å². The van der Waals surface area contributed by atoms with E-state index in [1.54, 1.807) is 14.1 Å². The molecule has 4 aliphatic heterocycles. The number of likely N-dealkylation sites (N-methyl/N-ethyl adjacent to an activating group) is 1. The van der Waals surface area contributed by atoms with Crippen molar-refractivity contribution >= 4 is 41.2 Å². The van der Waals surface area contributed by atoms with Crippen molar-refractivity contribution in [3.8, 4) is 0 Å². The molecule has 0 aromatic heterocycles. The van der Waals surface area contributed by atoms with Gasteiger partial charge >= 0.3 is 0 Å². The number of ketones is 1. The molecular formula is C47H84N4O7. The summed E-state index contributed by atoms with van der Waals surface area (Å²) in [6, 6.07) is 0.172. The molecule has 0 aliphatic carbocycles. The molecule has 4 aliphatic rings. The third kappa shape index (κ3) is 14.1. The van der Waals surface area contributed by atoms with Crippen molar-refractivity contribution in [2.24, 2.45) is 76.9 Å². The molecule has 334 valence electrons. The predicted octanol–water partition coefficient (Wildman–Crippen LogP) is 7.84. The second-order valence-electron chi connectivity index (χ2n) is 20.6. The fraction of sp³-hybridized carbons (Fsp3) is 0.851. The van der Waals surface area contributed by atoms with Crippen LogP contribution in [-0.2, 0) is 33.6 Å². The molecule has 11 nitrogen and oxygen atoms in total. The zero-order valence-electron chi connectivity index (χ0n) is 40.0. The first-order chi connectivity index (χ1) is 26.6. The maximum Gasteiger partial charge on any atom is 0.233 e. The number of hydrogen-bond donors (Lipinski definition) is 0. The maximum absolute atomic E-state index is 12.1. The molecule has 4 heterocycles. The summed E-state index contributed by atoms with van der Waals surface area (Å²) in [5.74, 6) is 3.28. The molecule has 58 heavy (non-hydrogen) atoms. The Balaban J connectivity index is 0.000000387. The first-order valence-electron chi connectivity index (χ1n) is 22.3. The lowest BCUT2D eigenvalue weighted by atomic mass is 9.81. The van der Waals surface area contributed by atoms with Crippen LogP contribution < -0.4 is 0 Å². The highest BCUT2D eigenvalue weighted by Gasteiger charge is 2.48. The fourth-order valence-corrected chi connectivity index (χ4v) is 9.44. The summed E-state index contributed by atoms with van der Waals surface area (Å²) >= 11 is 0. The second kappa shape index (κ2) is 23.2. The molecule has 0 saturated carbocycles. The summed E-state index contributed by atoms with van der Waals surface area (Å²) in [4.78, 5) is 89.1. The van der Waals surface area contributed by atoms with Crippen molar-refractivity contribution < 1.29 is 33.6 Å². The van der Waals surface area contributed by atoms with Crippen molar-refractivity contribution in [3.05, 3.63) is 0 Å². The van der Waals surface area contributed by atoms with Crippen LogP contribution in [0.3, 0.4) is 0 Å². The van der Waals surface area contributed by atoms with E-state index in [0.717, 1.165) is 32.2 Å². The third-order valence-corrected chi connectivity index (χ3v) is 11.9. The van der Waals surface area contributed by atoms with E-state index in [1.807, 2.05) is 41.5 Å². The van der Waals surface area contributed by atoms with E-state index in [2.05, 4.69) is 81.2 Å². The minimum absolute atomic E-state index is 0.000602. The second-order valence-corrected chi connectivity index (χ2v) is 20.6. The van der Waals surface area contributed by atoms with Gasteiger partial charge in [0.15, 0.2) is 5.78 Å². The monoisotopic (exact) mass is 817 g/mol. The minimum atomic E-state index is -0.107. The maximum atomic E-state index is 12.1. The van der Waals surface area contributed by atoms with E-state index in [9.17, 15) is 33.6 Å². The van der Waals surface area contributed by atoms with Crippen LogP contribution in [0.4, 0.5) is 0 Å². The molecule has 6 amide bonds. The van der Waals surface area contributed by atoms with Crippen LogP contribution in [0.1, 0.15) is 143 Å². The molecule has 0 aromatic rings. The smallest absolute Gasteiger partial charge is 0.233 e. The largest absolute Gasteiger partial charge is 0.298 e. The summed E-state index contributed by atoms with van der Waals surface area (Å²) in [6.45, 7) is 34.0. The van der Waals surface area contributed by atoms with E-state index in [-0.39, 0.29) is 94.9 Å². The number of rotatable bonds is 12. The van der Waals surface area contributed by atoms with Crippen LogP contribution in [0.2, 0.25) is 0 Å². The van der Waals surface area contributed by atoms with Gasteiger partial charge in [-0.05, 0) is 88.0 Å². The Morgan fingerprint density at radius 2 is 0.828 bits per heavy atom. The van der Waals surface area contributed by atoms with Gasteiger partial charge in [0.2, 0.25) is 35.4 Å². The Kier molecular flexibility index (Phi) is 21.2. The number of hydrogen-bond acceptors (Lipinski definition) is 8. The molecule has 0 aromatic carbocycles. The SMILES string of the molecule is CC(C)CC1C(=O)N(C)C(=O)C1C(C)C.CC(C)CC1C(=O)N(C)C(=O)C1C(C)C.CC(C)CC1CC(=O)N(C(C)C)C1=O.CC(C)CC1CN(C)C(C(C)C)C1=O. The normalized spacial score (nSPS) is 26.8. The number of Topliss-reactive ketones (excluding diaryl/α,β-unsaturated/α-hetero) is 1. The number of likely N-dealkylation sites (tertiary alicyclic amines) is 4. The van der Waals surface area contributed by atoms with Crippen molar-refractivity contribution in [1.82, 2.24) is 19.6 Å². The lowest BCUT2D eigenvalue weighted by Gasteiger charge is -2.20. The average molecular weight is 817 g/mol.